The third-order valence-corrected chi connectivity index (χ3v) is 2.45. The predicted molar refractivity (Wildman–Crippen MR) is 56.8 cm³/mol. The van der Waals surface area contributed by atoms with E-state index in [2.05, 4.69) is 0 Å². The summed E-state index contributed by atoms with van der Waals surface area (Å²) in [7, 11) is 0. The van der Waals surface area contributed by atoms with Crippen LogP contribution in [0.1, 0.15) is 32.6 Å². The van der Waals surface area contributed by atoms with Crippen molar-refractivity contribution in [3.63, 3.8) is 0 Å². The molecular weight excluding hydrogens is 212 g/mol. The van der Waals surface area contributed by atoms with Crippen LogP contribution in [0, 0.1) is 0 Å². The van der Waals surface area contributed by atoms with Crippen LogP contribution < -0.4 is 0 Å². The molecule has 0 aromatic carbocycles. The van der Waals surface area contributed by atoms with E-state index in [9.17, 15) is 4.79 Å². The molecular formula is C11H20O5. The highest BCUT2D eigenvalue weighted by Gasteiger charge is 2.29. The molecule has 5 nitrogen and oxygen atoms in total. The SMILES string of the molecule is CC1(CCC(=O)OCCCO)OCCCO1. The first-order chi connectivity index (χ1) is 7.66. The molecule has 0 aromatic rings. The number of ether oxygens (including phenoxy) is 3. The van der Waals surface area contributed by atoms with Crippen LogP contribution in [0.3, 0.4) is 0 Å². The zero-order valence-electron chi connectivity index (χ0n) is 9.74. The van der Waals surface area contributed by atoms with Crippen LogP contribution >= 0.6 is 0 Å². The van der Waals surface area contributed by atoms with E-state index < -0.39 is 5.79 Å². The summed E-state index contributed by atoms with van der Waals surface area (Å²) in [6.45, 7) is 3.50. The Hall–Kier alpha value is -0.650. The maximum atomic E-state index is 11.3. The van der Waals surface area contributed by atoms with Gasteiger partial charge in [-0.2, -0.15) is 0 Å². The molecule has 0 amide bonds. The summed E-state index contributed by atoms with van der Waals surface area (Å²) in [5.41, 5.74) is 0. The topological polar surface area (TPSA) is 65.0 Å². The number of aliphatic hydroxyl groups excluding tert-OH is 1. The fraction of sp³-hybridized carbons (Fsp3) is 0.909. The van der Waals surface area contributed by atoms with Crippen molar-refractivity contribution < 1.29 is 24.1 Å². The van der Waals surface area contributed by atoms with Crippen molar-refractivity contribution in [3.05, 3.63) is 0 Å². The molecule has 1 rings (SSSR count). The Morgan fingerprint density at radius 2 is 2.12 bits per heavy atom. The molecule has 1 fully saturated rings. The number of hydrogen-bond donors (Lipinski definition) is 1. The van der Waals surface area contributed by atoms with Crippen molar-refractivity contribution in [2.24, 2.45) is 0 Å². The van der Waals surface area contributed by atoms with Gasteiger partial charge in [-0.05, 0) is 13.3 Å². The highest BCUT2D eigenvalue weighted by Crippen LogP contribution is 2.23. The van der Waals surface area contributed by atoms with E-state index in [0.717, 1.165) is 6.42 Å². The molecule has 1 aliphatic rings. The van der Waals surface area contributed by atoms with E-state index in [4.69, 9.17) is 19.3 Å². The molecule has 0 radical (unpaired) electrons. The first-order valence-corrected chi connectivity index (χ1v) is 5.71. The van der Waals surface area contributed by atoms with Gasteiger partial charge in [-0.1, -0.05) is 0 Å². The highest BCUT2D eigenvalue weighted by molar-refractivity contribution is 5.69. The molecule has 1 saturated heterocycles. The molecule has 1 aliphatic heterocycles. The predicted octanol–water partition coefficient (Wildman–Crippen LogP) is 0.845. The average Bonchev–Trinajstić information content (AvgIpc) is 2.28. The fourth-order valence-electron chi connectivity index (χ4n) is 1.47. The van der Waals surface area contributed by atoms with Gasteiger partial charge in [0.2, 0.25) is 0 Å². The first kappa shape index (κ1) is 13.4. The molecule has 5 heteroatoms. The zero-order chi connectivity index (χ0) is 11.9. The van der Waals surface area contributed by atoms with E-state index >= 15 is 0 Å². The highest BCUT2D eigenvalue weighted by atomic mass is 16.7. The lowest BCUT2D eigenvalue weighted by Crippen LogP contribution is -2.38. The Kier molecular flexibility index (Phi) is 5.73. The van der Waals surface area contributed by atoms with Crippen LogP contribution in [0.2, 0.25) is 0 Å². The molecule has 0 unspecified atom stereocenters. The van der Waals surface area contributed by atoms with Crippen molar-refractivity contribution in [3.8, 4) is 0 Å². The number of carbonyl (C=O) groups excluding carboxylic acids is 1. The quantitative estimate of drug-likeness (QED) is 0.543. The van der Waals surface area contributed by atoms with Crippen LogP contribution in [0.5, 0.6) is 0 Å². The lowest BCUT2D eigenvalue weighted by Gasteiger charge is -2.33. The summed E-state index contributed by atoms with van der Waals surface area (Å²) < 4.78 is 15.9. The average molecular weight is 232 g/mol. The summed E-state index contributed by atoms with van der Waals surface area (Å²) in [5, 5.41) is 8.52. The van der Waals surface area contributed by atoms with Crippen molar-refractivity contribution in [1.82, 2.24) is 0 Å². The van der Waals surface area contributed by atoms with Gasteiger partial charge in [-0.3, -0.25) is 4.79 Å². The summed E-state index contributed by atoms with van der Waals surface area (Å²) in [4.78, 5) is 11.3. The number of rotatable bonds is 6. The number of carbonyl (C=O) groups is 1. The monoisotopic (exact) mass is 232 g/mol. The van der Waals surface area contributed by atoms with Crippen molar-refractivity contribution in [1.29, 1.82) is 0 Å². The number of hydrogen-bond acceptors (Lipinski definition) is 5. The number of aliphatic hydroxyl groups is 1. The van der Waals surface area contributed by atoms with Crippen LogP contribution in [-0.4, -0.2) is 43.3 Å². The molecule has 0 spiro atoms. The van der Waals surface area contributed by atoms with E-state index in [1.165, 1.54) is 0 Å². The third kappa shape index (κ3) is 4.92. The van der Waals surface area contributed by atoms with Gasteiger partial charge in [-0.15, -0.1) is 0 Å². The summed E-state index contributed by atoms with van der Waals surface area (Å²) >= 11 is 0. The lowest BCUT2D eigenvalue weighted by molar-refractivity contribution is -0.259. The minimum absolute atomic E-state index is 0.0389. The van der Waals surface area contributed by atoms with Gasteiger partial charge in [0.05, 0.1) is 26.2 Å². The largest absolute Gasteiger partial charge is 0.466 e. The third-order valence-electron chi connectivity index (χ3n) is 2.45. The maximum absolute atomic E-state index is 11.3. The summed E-state index contributed by atoms with van der Waals surface area (Å²) in [6.07, 6.45) is 2.17. The van der Waals surface area contributed by atoms with Gasteiger partial charge < -0.3 is 19.3 Å². The second-order valence-electron chi connectivity index (χ2n) is 3.98. The molecule has 0 aliphatic carbocycles. The molecule has 0 saturated carbocycles. The smallest absolute Gasteiger partial charge is 0.305 e. The van der Waals surface area contributed by atoms with E-state index in [0.29, 0.717) is 26.1 Å². The van der Waals surface area contributed by atoms with Gasteiger partial charge in [0.1, 0.15) is 0 Å². The van der Waals surface area contributed by atoms with Crippen LogP contribution in [0.25, 0.3) is 0 Å². The Morgan fingerprint density at radius 3 is 2.75 bits per heavy atom. The lowest BCUT2D eigenvalue weighted by atomic mass is 10.1. The molecule has 94 valence electrons. The van der Waals surface area contributed by atoms with E-state index in [-0.39, 0.29) is 25.6 Å². The molecule has 1 N–H and O–H groups in total. The Bertz CT molecular complexity index is 210. The minimum Gasteiger partial charge on any atom is -0.466 e. The molecule has 1 heterocycles. The molecule has 0 atom stereocenters. The minimum atomic E-state index is -0.645. The summed E-state index contributed by atoms with van der Waals surface area (Å²) in [5.74, 6) is -0.915. The Labute approximate surface area is 95.7 Å². The van der Waals surface area contributed by atoms with E-state index in [1.807, 2.05) is 6.92 Å². The van der Waals surface area contributed by atoms with Crippen LogP contribution in [-0.2, 0) is 19.0 Å². The van der Waals surface area contributed by atoms with Gasteiger partial charge in [-0.25, -0.2) is 0 Å². The molecule has 16 heavy (non-hydrogen) atoms. The van der Waals surface area contributed by atoms with Crippen LogP contribution in [0.15, 0.2) is 0 Å². The standard InChI is InChI=1S/C11H20O5/c1-11(15-8-3-9-16-11)5-4-10(13)14-7-2-6-12/h12H,2-9H2,1H3. The van der Waals surface area contributed by atoms with Gasteiger partial charge >= 0.3 is 5.97 Å². The maximum Gasteiger partial charge on any atom is 0.305 e. The van der Waals surface area contributed by atoms with Gasteiger partial charge in [0.15, 0.2) is 5.79 Å². The fourth-order valence-corrected chi connectivity index (χ4v) is 1.47. The normalized spacial score (nSPS) is 19.4. The van der Waals surface area contributed by atoms with Crippen molar-refractivity contribution >= 4 is 5.97 Å². The molecule has 0 aromatic heterocycles. The second-order valence-corrected chi connectivity index (χ2v) is 3.98. The van der Waals surface area contributed by atoms with Gasteiger partial charge in [0, 0.05) is 19.4 Å². The second kappa shape index (κ2) is 6.83. The number of esters is 1. The first-order valence-electron chi connectivity index (χ1n) is 5.71. The van der Waals surface area contributed by atoms with E-state index in [1.54, 1.807) is 0 Å². The van der Waals surface area contributed by atoms with Crippen molar-refractivity contribution in [2.45, 2.75) is 38.4 Å². The summed E-state index contributed by atoms with van der Waals surface area (Å²) in [6, 6.07) is 0. The zero-order valence-corrected chi connectivity index (χ0v) is 9.74. The van der Waals surface area contributed by atoms with Crippen molar-refractivity contribution in [2.75, 3.05) is 26.4 Å². The molecule has 0 bridgehead atoms. The Balaban J connectivity index is 2.14. The van der Waals surface area contributed by atoms with Gasteiger partial charge in [0.25, 0.3) is 0 Å². The Morgan fingerprint density at radius 1 is 1.44 bits per heavy atom. The van der Waals surface area contributed by atoms with Crippen LogP contribution in [0.4, 0.5) is 0 Å².